The number of ketones is 1. The lowest BCUT2D eigenvalue weighted by molar-refractivity contribution is 0.102. The van der Waals surface area contributed by atoms with E-state index in [-0.39, 0.29) is 5.78 Å². The summed E-state index contributed by atoms with van der Waals surface area (Å²) < 4.78 is 0. The molecular formula is C10H16OS. The Morgan fingerprint density at radius 2 is 2.00 bits per heavy atom. The number of Topliss-reactive ketones (excluding diaryl/α,β-unsaturated/α-hetero) is 1. The van der Waals surface area contributed by atoms with Crippen molar-refractivity contribution in [2.45, 2.75) is 34.1 Å². The maximum Gasteiger partial charge on any atom is 0.169 e. The Morgan fingerprint density at radius 1 is 1.50 bits per heavy atom. The Kier molecular flexibility index (Phi) is 5.64. The smallest absolute Gasteiger partial charge is 0.169 e. The first-order valence-corrected chi connectivity index (χ1v) is 5.06. The molecule has 0 saturated carbocycles. The standard InChI is InChI=1S/C7H8OS.C3H8/c1-5-3-4-9-7(5)6(2)8;1-3-2/h3-4H,1-2H3;3H2,1-2H3. The quantitative estimate of drug-likeness (QED) is 0.608. The van der Waals surface area contributed by atoms with Crippen molar-refractivity contribution in [1.29, 1.82) is 0 Å². The number of thiophene rings is 1. The largest absolute Gasteiger partial charge is 0.294 e. The predicted octanol–water partition coefficient (Wildman–Crippen LogP) is 3.68. The number of rotatable bonds is 1. The molecule has 0 aromatic carbocycles. The SMILES string of the molecule is CC(=O)c1sccc1C.CCC. The Balaban J connectivity index is 0.000000354. The zero-order valence-corrected chi connectivity index (χ0v) is 8.99. The summed E-state index contributed by atoms with van der Waals surface area (Å²) in [5.74, 6) is 0.169. The first kappa shape index (κ1) is 11.4. The molecule has 1 rings (SSSR count). The highest BCUT2D eigenvalue weighted by molar-refractivity contribution is 7.12. The van der Waals surface area contributed by atoms with Crippen LogP contribution in [0.25, 0.3) is 0 Å². The van der Waals surface area contributed by atoms with Gasteiger partial charge in [0.15, 0.2) is 5.78 Å². The van der Waals surface area contributed by atoms with Crippen molar-refractivity contribution in [2.75, 3.05) is 0 Å². The summed E-state index contributed by atoms with van der Waals surface area (Å²) in [6.07, 6.45) is 1.25. The molecule has 0 radical (unpaired) electrons. The molecule has 12 heavy (non-hydrogen) atoms. The van der Waals surface area contributed by atoms with Gasteiger partial charge in [0.25, 0.3) is 0 Å². The van der Waals surface area contributed by atoms with Gasteiger partial charge in [-0.25, -0.2) is 0 Å². The zero-order chi connectivity index (χ0) is 9.56. The van der Waals surface area contributed by atoms with Gasteiger partial charge in [-0.1, -0.05) is 20.3 Å². The van der Waals surface area contributed by atoms with Crippen molar-refractivity contribution in [3.8, 4) is 0 Å². The molecule has 0 N–H and O–H groups in total. The minimum absolute atomic E-state index is 0.169. The number of aryl methyl sites for hydroxylation is 1. The highest BCUT2D eigenvalue weighted by atomic mass is 32.1. The molecule has 0 amide bonds. The van der Waals surface area contributed by atoms with E-state index in [1.165, 1.54) is 17.8 Å². The van der Waals surface area contributed by atoms with Crippen LogP contribution in [0, 0.1) is 6.92 Å². The van der Waals surface area contributed by atoms with Gasteiger partial charge in [0.1, 0.15) is 0 Å². The fraction of sp³-hybridized carbons (Fsp3) is 0.500. The monoisotopic (exact) mass is 184 g/mol. The first-order chi connectivity index (χ1) is 5.63. The van der Waals surface area contributed by atoms with Crippen LogP contribution >= 0.6 is 11.3 Å². The predicted molar refractivity (Wildman–Crippen MR) is 55.0 cm³/mol. The number of carbonyl (C=O) groups excluding carboxylic acids is 1. The minimum atomic E-state index is 0.169. The maximum atomic E-state index is 10.7. The fourth-order valence-corrected chi connectivity index (χ4v) is 1.56. The molecule has 68 valence electrons. The van der Waals surface area contributed by atoms with Crippen molar-refractivity contribution in [1.82, 2.24) is 0 Å². The van der Waals surface area contributed by atoms with E-state index >= 15 is 0 Å². The van der Waals surface area contributed by atoms with Gasteiger partial charge in [0, 0.05) is 0 Å². The van der Waals surface area contributed by atoms with Gasteiger partial charge in [-0.3, -0.25) is 4.79 Å². The van der Waals surface area contributed by atoms with Gasteiger partial charge in [0.2, 0.25) is 0 Å². The van der Waals surface area contributed by atoms with Crippen LogP contribution in [-0.2, 0) is 0 Å². The molecule has 0 aliphatic carbocycles. The lowest BCUT2D eigenvalue weighted by Crippen LogP contribution is -1.87. The van der Waals surface area contributed by atoms with Crippen LogP contribution < -0.4 is 0 Å². The number of hydrogen-bond donors (Lipinski definition) is 0. The second-order valence-corrected chi connectivity index (χ2v) is 3.61. The molecule has 0 aliphatic heterocycles. The number of hydrogen-bond acceptors (Lipinski definition) is 2. The molecule has 0 bridgehead atoms. The molecule has 1 aromatic heterocycles. The van der Waals surface area contributed by atoms with E-state index in [4.69, 9.17) is 0 Å². The molecule has 1 aromatic rings. The van der Waals surface area contributed by atoms with E-state index in [1.54, 1.807) is 6.92 Å². The zero-order valence-electron chi connectivity index (χ0n) is 8.18. The minimum Gasteiger partial charge on any atom is -0.294 e. The van der Waals surface area contributed by atoms with Crippen molar-refractivity contribution in [2.24, 2.45) is 0 Å². The highest BCUT2D eigenvalue weighted by Crippen LogP contribution is 2.15. The average molecular weight is 184 g/mol. The normalized spacial score (nSPS) is 8.67. The van der Waals surface area contributed by atoms with E-state index in [0.29, 0.717) is 0 Å². The average Bonchev–Trinajstić information content (AvgIpc) is 2.36. The maximum absolute atomic E-state index is 10.7. The van der Waals surface area contributed by atoms with Gasteiger partial charge >= 0.3 is 0 Å². The lowest BCUT2D eigenvalue weighted by Gasteiger charge is -1.87. The van der Waals surface area contributed by atoms with Crippen LogP contribution in [0.15, 0.2) is 11.4 Å². The van der Waals surface area contributed by atoms with Gasteiger partial charge in [0.05, 0.1) is 4.88 Å². The summed E-state index contributed by atoms with van der Waals surface area (Å²) in [6.45, 7) is 7.80. The third kappa shape index (κ3) is 3.67. The van der Waals surface area contributed by atoms with E-state index in [2.05, 4.69) is 13.8 Å². The Hall–Kier alpha value is -0.630. The molecule has 1 nitrogen and oxygen atoms in total. The van der Waals surface area contributed by atoms with Crippen LogP contribution in [0.1, 0.15) is 42.4 Å². The second-order valence-electron chi connectivity index (χ2n) is 2.70. The van der Waals surface area contributed by atoms with Crippen LogP contribution in [0.3, 0.4) is 0 Å². The van der Waals surface area contributed by atoms with Crippen LogP contribution in [0.2, 0.25) is 0 Å². The lowest BCUT2D eigenvalue weighted by atomic mass is 10.2. The van der Waals surface area contributed by atoms with E-state index in [9.17, 15) is 4.79 Å². The highest BCUT2D eigenvalue weighted by Gasteiger charge is 2.02. The summed E-state index contributed by atoms with van der Waals surface area (Å²) in [5.41, 5.74) is 1.09. The Morgan fingerprint density at radius 3 is 2.17 bits per heavy atom. The summed E-state index contributed by atoms with van der Waals surface area (Å²) in [5, 5.41) is 1.94. The van der Waals surface area contributed by atoms with Gasteiger partial charge in [-0.2, -0.15) is 0 Å². The van der Waals surface area contributed by atoms with Crippen molar-refractivity contribution in [3.63, 3.8) is 0 Å². The molecule has 0 spiro atoms. The number of carbonyl (C=O) groups is 1. The van der Waals surface area contributed by atoms with E-state index in [0.717, 1.165) is 10.4 Å². The summed E-state index contributed by atoms with van der Waals surface area (Å²) >= 11 is 1.51. The van der Waals surface area contributed by atoms with Crippen LogP contribution in [-0.4, -0.2) is 5.78 Å². The van der Waals surface area contributed by atoms with E-state index < -0.39 is 0 Å². The molecule has 1 heterocycles. The van der Waals surface area contributed by atoms with Gasteiger partial charge in [-0.05, 0) is 30.9 Å². The molecule has 0 aliphatic rings. The molecule has 0 unspecified atom stereocenters. The molecule has 0 saturated heterocycles. The topological polar surface area (TPSA) is 17.1 Å². The van der Waals surface area contributed by atoms with Gasteiger partial charge in [-0.15, -0.1) is 11.3 Å². The summed E-state index contributed by atoms with van der Waals surface area (Å²) in [6, 6.07) is 1.96. The van der Waals surface area contributed by atoms with Gasteiger partial charge < -0.3 is 0 Å². The van der Waals surface area contributed by atoms with Crippen LogP contribution in [0.5, 0.6) is 0 Å². The molecule has 0 atom stereocenters. The first-order valence-electron chi connectivity index (χ1n) is 4.18. The third-order valence-corrected chi connectivity index (χ3v) is 2.30. The fourth-order valence-electron chi connectivity index (χ4n) is 0.733. The Bertz CT molecular complexity index is 238. The van der Waals surface area contributed by atoms with Crippen molar-refractivity contribution >= 4 is 17.1 Å². The Labute approximate surface area is 78.4 Å². The molecule has 0 fully saturated rings. The second kappa shape index (κ2) is 5.95. The van der Waals surface area contributed by atoms with Crippen molar-refractivity contribution < 1.29 is 4.79 Å². The molecule has 2 heteroatoms. The molecular weight excluding hydrogens is 168 g/mol. The summed E-state index contributed by atoms with van der Waals surface area (Å²) in [7, 11) is 0. The van der Waals surface area contributed by atoms with E-state index in [1.807, 2.05) is 18.4 Å². The summed E-state index contributed by atoms with van der Waals surface area (Å²) in [4.78, 5) is 11.6. The third-order valence-electron chi connectivity index (χ3n) is 1.18. The van der Waals surface area contributed by atoms with Crippen molar-refractivity contribution in [3.05, 3.63) is 21.9 Å². The van der Waals surface area contributed by atoms with Crippen LogP contribution in [0.4, 0.5) is 0 Å².